The van der Waals surface area contributed by atoms with Gasteiger partial charge in [0.1, 0.15) is 0 Å². The van der Waals surface area contributed by atoms with Crippen LogP contribution in [0.5, 0.6) is 0 Å². The second kappa shape index (κ2) is 6.41. The minimum Gasteiger partial charge on any atom is -0.226 e. The Kier molecular flexibility index (Phi) is 4.12. The summed E-state index contributed by atoms with van der Waals surface area (Å²) in [7, 11) is 0. The molecule has 120 valence electrons. The minimum absolute atomic E-state index is 0.000533. The van der Waals surface area contributed by atoms with Gasteiger partial charge in [0, 0.05) is 10.4 Å². The summed E-state index contributed by atoms with van der Waals surface area (Å²) in [4.78, 5) is 6.83. The largest absolute Gasteiger partial charge is 0.270 e. The minimum atomic E-state index is 0.000533. The van der Waals surface area contributed by atoms with Gasteiger partial charge in [-0.3, -0.25) is 0 Å². The van der Waals surface area contributed by atoms with E-state index in [0.717, 1.165) is 11.1 Å². The fraction of sp³-hybridized carbons (Fsp3) is 0.0909. The van der Waals surface area contributed by atoms with Gasteiger partial charge in [0.15, 0.2) is 0 Å². The quantitative estimate of drug-likeness (QED) is 0.465. The van der Waals surface area contributed by atoms with Crippen molar-refractivity contribution in [2.75, 3.05) is 0 Å². The van der Waals surface area contributed by atoms with Gasteiger partial charge < -0.3 is 0 Å². The van der Waals surface area contributed by atoms with Gasteiger partial charge in [-0.25, -0.2) is 20.2 Å². The third-order valence-corrected chi connectivity index (χ3v) is 4.34. The Morgan fingerprint density at radius 2 is 1.12 bits per heavy atom. The summed E-state index contributed by atoms with van der Waals surface area (Å²) >= 11 is 0. The molecule has 3 rings (SSSR count). The molecular weight excluding hydrogens is 320 g/mol. The lowest BCUT2D eigenvalue weighted by atomic mass is 9.94. The summed E-state index contributed by atoms with van der Waals surface area (Å²) < 4.78 is 0. The van der Waals surface area contributed by atoms with Crippen molar-refractivity contribution in [1.82, 2.24) is 0 Å². The summed E-state index contributed by atoms with van der Waals surface area (Å²) in [5.41, 5.74) is 1.95. The highest BCUT2D eigenvalue weighted by molar-refractivity contribution is 6.04. The van der Waals surface area contributed by atoms with Crippen LogP contribution < -0.4 is 10.4 Å². The fourth-order valence-electron chi connectivity index (χ4n) is 3.24. The van der Waals surface area contributed by atoms with Crippen molar-refractivity contribution in [1.29, 1.82) is 10.5 Å². The lowest BCUT2D eigenvalue weighted by Crippen LogP contribution is -2.18. The number of fused-ring (bicyclic) bond motifs is 2. The lowest BCUT2D eigenvalue weighted by molar-refractivity contribution is 1.47. The zero-order chi connectivity index (χ0) is 18.8. The molecular formula is C22H12N4. The van der Waals surface area contributed by atoms with Crippen molar-refractivity contribution in [3.05, 3.63) is 80.8 Å². The fourth-order valence-corrected chi connectivity index (χ4v) is 3.24. The standard InChI is InChI=1S/C22H12N4/c1-13-5-7-15-17(9-13)22(20(12-24)26-4)18-10-14(2)6-8-16(18)21(15)19(11-23)25-3/h5-10H,1-2H3. The number of aryl methyl sites for hydroxylation is 2. The molecule has 0 amide bonds. The van der Waals surface area contributed by atoms with Gasteiger partial charge in [-0.1, -0.05) is 47.5 Å². The van der Waals surface area contributed by atoms with E-state index in [9.17, 15) is 10.5 Å². The van der Waals surface area contributed by atoms with E-state index >= 15 is 0 Å². The Morgan fingerprint density at radius 1 is 0.731 bits per heavy atom. The van der Waals surface area contributed by atoms with E-state index in [2.05, 4.69) is 9.69 Å². The van der Waals surface area contributed by atoms with Gasteiger partial charge in [-0.2, -0.15) is 0 Å². The first-order valence-corrected chi connectivity index (χ1v) is 7.82. The molecule has 0 N–H and O–H groups in total. The second-order valence-corrected chi connectivity index (χ2v) is 5.99. The van der Waals surface area contributed by atoms with Gasteiger partial charge in [0.05, 0.1) is 25.3 Å². The predicted octanol–water partition coefficient (Wildman–Crippen LogP) is 3.71. The molecule has 0 atom stereocenters. The molecule has 0 radical (unpaired) electrons. The normalized spacial score (nSPS) is 9.77. The molecule has 0 spiro atoms. The van der Waals surface area contributed by atoms with Crippen LogP contribution in [0.25, 0.3) is 42.6 Å². The number of hydrogen-bond donors (Lipinski definition) is 0. The Balaban J connectivity index is 2.97. The van der Waals surface area contributed by atoms with Gasteiger partial charge in [0.2, 0.25) is 0 Å². The Morgan fingerprint density at radius 3 is 1.46 bits per heavy atom. The van der Waals surface area contributed by atoms with E-state index in [-0.39, 0.29) is 11.4 Å². The van der Waals surface area contributed by atoms with Crippen molar-refractivity contribution in [2.24, 2.45) is 0 Å². The molecule has 4 heteroatoms. The molecule has 3 aromatic carbocycles. The molecule has 0 unspecified atom stereocenters. The van der Waals surface area contributed by atoms with Gasteiger partial charge in [-0.05, 0) is 35.4 Å². The van der Waals surface area contributed by atoms with Crippen molar-refractivity contribution >= 4 is 32.9 Å². The summed E-state index contributed by atoms with van der Waals surface area (Å²) in [5, 5.41) is 22.9. The van der Waals surface area contributed by atoms with Crippen LogP contribution >= 0.6 is 0 Å². The second-order valence-electron chi connectivity index (χ2n) is 5.99. The van der Waals surface area contributed by atoms with Crippen LogP contribution in [0.3, 0.4) is 0 Å². The number of rotatable bonds is 0. The summed E-state index contributed by atoms with van der Waals surface area (Å²) in [5.74, 6) is 0. The van der Waals surface area contributed by atoms with Gasteiger partial charge in [-0.15, -0.1) is 0 Å². The molecule has 0 fully saturated rings. The van der Waals surface area contributed by atoms with Crippen LogP contribution in [-0.2, 0) is 0 Å². The highest BCUT2D eigenvalue weighted by Crippen LogP contribution is 2.19. The van der Waals surface area contributed by atoms with Crippen LogP contribution in [0, 0.1) is 49.7 Å². The smallest absolute Gasteiger partial charge is 0.226 e. The summed E-state index contributed by atoms with van der Waals surface area (Å²) in [6.07, 6.45) is 0. The van der Waals surface area contributed by atoms with E-state index in [1.165, 1.54) is 0 Å². The van der Waals surface area contributed by atoms with Gasteiger partial charge >= 0.3 is 0 Å². The van der Waals surface area contributed by atoms with E-state index in [0.29, 0.717) is 32.0 Å². The van der Waals surface area contributed by atoms with Gasteiger partial charge in [0.25, 0.3) is 11.4 Å². The molecule has 0 aliphatic rings. The van der Waals surface area contributed by atoms with Crippen LogP contribution in [0.15, 0.2) is 36.4 Å². The SMILES string of the molecule is [C-]#[N+]C(C#N)=c1c2ccc(C)cc2c(=C(C#N)[N+]#[C-])c2cc(C)ccc12. The molecule has 3 aromatic rings. The Hall–Kier alpha value is -4.12. The number of hydrogen-bond acceptors (Lipinski definition) is 2. The molecule has 0 bridgehead atoms. The van der Waals surface area contributed by atoms with E-state index in [4.69, 9.17) is 13.1 Å². The van der Waals surface area contributed by atoms with Crippen molar-refractivity contribution in [2.45, 2.75) is 13.8 Å². The molecule has 0 aliphatic carbocycles. The zero-order valence-electron chi connectivity index (χ0n) is 14.3. The average Bonchev–Trinajstić information content (AvgIpc) is 2.64. The molecule has 4 nitrogen and oxygen atoms in total. The maximum Gasteiger partial charge on any atom is 0.270 e. The molecule has 0 saturated carbocycles. The van der Waals surface area contributed by atoms with Crippen LogP contribution in [-0.4, -0.2) is 0 Å². The maximum atomic E-state index is 9.50. The maximum absolute atomic E-state index is 9.50. The zero-order valence-corrected chi connectivity index (χ0v) is 14.3. The highest BCUT2D eigenvalue weighted by atomic mass is 14.7. The number of benzene rings is 3. The molecule has 26 heavy (non-hydrogen) atoms. The van der Waals surface area contributed by atoms with Crippen LogP contribution in [0.1, 0.15) is 11.1 Å². The first-order chi connectivity index (χ1) is 12.5. The third-order valence-electron chi connectivity index (χ3n) is 4.34. The third kappa shape index (κ3) is 2.44. The monoisotopic (exact) mass is 332 g/mol. The Bertz CT molecular complexity index is 1280. The molecule has 0 aliphatic heterocycles. The predicted molar refractivity (Wildman–Crippen MR) is 101 cm³/mol. The molecule has 0 heterocycles. The molecule has 0 aromatic heterocycles. The summed E-state index contributed by atoms with van der Waals surface area (Å²) in [6, 6.07) is 15.3. The van der Waals surface area contributed by atoms with Crippen molar-refractivity contribution in [3.8, 4) is 12.1 Å². The first-order valence-electron chi connectivity index (χ1n) is 7.82. The molecule has 0 saturated heterocycles. The van der Waals surface area contributed by atoms with E-state index in [1.54, 1.807) is 0 Å². The van der Waals surface area contributed by atoms with E-state index < -0.39 is 0 Å². The number of nitriles is 2. The number of nitrogens with zero attached hydrogens (tertiary/aromatic N) is 4. The first kappa shape index (κ1) is 16.7. The van der Waals surface area contributed by atoms with Crippen LogP contribution in [0.4, 0.5) is 0 Å². The lowest BCUT2D eigenvalue weighted by Gasteiger charge is -2.10. The van der Waals surface area contributed by atoms with Crippen molar-refractivity contribution < 1.29 is 0 Å². The van der Waals surface area contributed by atoms with E-state index in [1.807, 2.05) is 62.4 Å². The Labute approximate surface area is 150 Å². The topological polar surface area (TPSA) is 56.3 Å². The average molecular weight is 332 g/mol. The van der Waals surface area contributed by atoms with Crippen LogP contribution in [0.2, 0.25) is 0 Å². The van der Waals surface area contributed by atoms with Crippen molar-refractivity contribution in [3.63, 3.8) is 0 Å². The summed E-state index contributed by atoms with van der Waals surface area (Å²) in [6.45, 7) is 18.7. The highest BCUT2D eigenvalue weighted by Gasteiger charge is 2.12.